The second kappa shape index (κ2) is 4.78. The molecule has 0 saturated carbocycles. The summed E-state index contributed by atoms with van der Waals surface area (Å²) in [6.07, 6.45) is 3.88. The number of fused-ring (bicyclic) bond motifs is 1. The van der Waals surface area contributed by atoms with Crippen LogP contribution < -0.4 is 0 Å². The van der Waals surface area contributed by atoms with E-state index in [4.69, 9.17) is 0 Å². The Morgan fingerprint density at radius 3 is 2.79 bits per heavy atom. The summed E-state index contributed by atoms with van der Waals surface area (Å²) in [6.45, 7) is 4.16. The highest BCUT2D eigenvalue weighted by atomic mass is 32.1. The third-order valence-corrected chi connectivity index (χ3v) is 4.48. The molecule has 19 heavy (non-hydrogen) atoms. The molecule has 0 spiro atoms. The molecule has 0 fully saturated rings. The van der Waals surface area contributed by atoms with Crippen molar-refractivity contribution in [3.05, 3.63) is 62.3 Å². The molecule has 0 N–H and O–H groups in total. The SMILES string of the molecule is Cc1cc(C)c2c(c1)C(=O)/C(=C/c1cccs1)CC2. The van der Waals surface area contributed by atoms with Gasteiger partial charge in [0.1, 0.15) is 0 Å². The molecule has 96 valence electrons. The maximum absolute atomic E-state index is 12.6. The van der Waals surface area contributed by atoms with Crippen LogP contribution in [-0.4, -0.2) is 5.78 Å². The summed E-state index contributed by atoms with van der Waals surface area (Å²) in [5.74, 6) is 0.210. The minimum atomic E-state index is 0.210. The number of benzene rings is 1. The summed E-state index contributed by atoms with van der Waals surface area (Å²) >= 11 is 1.68. The molecule has 2 aromatic rings. The van der Waals surface area contributed by atoms with Gasteiger partial charge in [-0.25, -0.2) is 0 Å². The fraction of sp³-hybridized carbons (Fsp3) is 0.235. The zero-order chi connectivity index (χ0) is 13.4. The molecule has 0 radical (unpaired) electrons. The van der Waals surface area contributed by atoms with Crippen molar-refractivity contribution in [1.82, 2.24) is 0 Å². The number of carbonyl (C=O) groups excluding carboxylic acids is 1. The van der Waals surface area contributed by atoms with Crippen molar-refractivity contribution in [3.8, 4) is 0 Å². The van der Waals surface area contributed by atoms with Gasteiger partial charge in [0.25, 0.3) is 0 Å². The van der Waals surface area contributed by atoms with E-state index in [9.17, 15) is 4.79 Å². The second-order valence-corrected chi connectivity index (χ2v) is 6.10. The van der Waals surface area contributed by atoms with Crippen LogP contribution in [0.25, 0.3) is 6.08 Å². The van der Waals surface area contributed by atoms with Gasteiger partial charge < -0.3 is 0 Å². The maximum Gasteiger partial charge on any atom is 0.189 e. The molecule has 0 amide bonds. The zero-order valence-corrected chi connectivity index (χ0v) is 12.0. The fourth-order valence-corrected chi connectivity index (χ4v) is 3.44. The number of hydrogen-bond donors (Lipinski definition) is 0. The van der Waals surface area contributed by atoms with E-state index in [1.165, 1.54) is 16.7 Å². The predicted octanol–water partition coefficient (Wildman–Crippen LogP) is 4.58. The fourth-order valence-electron chi connectivity index (χ4n) is 2.76. The quantitative estimate of drug-likeness (QED) is 0.692. The summed E-state index contributed by atoms with van der Waals surface area (Å²) in [5, 5.41) is 2.04. The Balaban J connectivity index is 2.05. The van der Waals surface area contributed by atoms with E-state index in [0.717, 1.165) is 28.9 Å². The van der Waals surface area contributed by atoms with Gasteiger partial charge in [-0.15, -0.1) is 11.3 Å². The Kier molecular flexibility index (Phi) is 3.11. The monoisotopic (exact) mass is 268 g/mol. The van der Waals surface area contributed by atoms with Gasteiger partial charge in [0.05, 0.1) is 0 Å². The van der Waals surface area contributed by atoms with E-state index in [1.807, 2.05) is 23.6 Å². The molecule has 1 heterocycles. The largest absolute Gasteiger partial charge is 0.289 e. The van der Waals surface area contributed by atoms with Crippen LogP contribution >= 0.6 is 11.3 Å². The lowest BCUT2D eigenvalue weighted by atomic mass is 9.83. The summed E-state index contributed by atoms with van der Waals surface area (Å²) in [4.78, 5) is 13.7. The number of aryl methyl sites for hydroxylation is 2. The Bertz CT molecular complexity index is 663. The average Bonchev–Trinajstić information content (AvgIpc) is 2.86. The summed E-state index contributed by atoms with van der Waals surface area (Å²) in [7, 11) is 0. The van der Waals surface area contributed by atoms with Gasteiger partial charge in [-0.2, -0.15) is 0 Å². The molecule has 0 saturated heterocycles. The molecule has 0 bridgehead atoms. The van der Waals surface area contributed by atoms with Crippen LogP contribution in [0.2, 0.25) is 0 Å². The number of carbonyl (C=O) groups is 1. The zero-order valence-electron chi connectivity index (χ0n) is 11.2. The van der Waals surface area contributed by atoms with Crippen molar-refractivity contribution in [1.29, 1.82) is 0 Å². The third kappa shape index (κ3) is 2.28. The first-order valence-electron chi connectivity index (χ1n) is 6.54. The van der Waals surface area contributed by atoms with Crippen molar-refractivity contribution in [3.63, 3.8) is 0 Å². The number of allylic oxidation sites excluding steroid dienone is 1. The van der Waals surface area contributed by atoms with Gasteiger partial charge in [0.15, 0.2) is 5.78 Å². The minimum Gasteiger partial charge on any atom is -0.289 e. The van der Waals surface area contributed by atoms with Crippen LogP contribution in [0.4, 0.5) is 0 Å². The summed E-state index contributed by atoms with van der Waals surface area (Å²) < 4.78 is 0. The topological polar surface area (TPSA) is 17.1 Å². The Labute approximate surface area is 117 Å². The molecule has 1 aliphatic rings. The van der Waals surface area contributed by atoms with Crippen molar-refractivity contribution in [2.24, 2.45) is 0 Å². The van der Waals surface area contributed by atoms with E-state index >= 15 is 0 Å². The lowest BCUT2D eigenvalue weighted by Gasteiger charge is -2.20. The van der Waals surface area contributed by atoms with Crippen LogP contribution in [0.3, 0.4) is 0 Å². The van der Waals surface area contributed by atoms with Gasteiger partial charge in [-0.3, -0.25) is 4.79 Å². The van der Waals surface area contributed by atoms with Crippen molar-refractivity contribution in [2.45, 2.75) is 26.7 Å². The molecule has 0 unspecified atom stereocenters. The molecule has 0 aliphatic heterocycles. The highest BCUT2D eigenvalue weighted by Gasteiger charge is 2.23. The first-order valence-corrected chi connectivity index (χ1v) is 7.42. The van der Waals surface area contributed by atoms with E-state index in [0.29, 0.717) is 0 Å². The normalized spacial score (nSPS) is 16.7. The van der Waals surface area contributed by atoms with E-state index in [1.54, 1.807) is 11.3 Å². The number of Topliss-reactive ketones (excluding diaryl/α,β-unsaturated/α-hetero) is 1. The number of thiophene rings is 1. The van der Waals surface area contributed by atoms with Crippen LogP contribution in [-0.2, 0) is 6.42 Å². The molecule has 3 rings (SSSR count). The van der Waals surface area contributed by atoms with Gasteiger partial charge in [0, 0.05) is 16.0 Å². The van der Waals surface area contributed by atoms with Gasteiger partial charge in [-0.1, -0.05) is 17.7 Å². The molecule has 1 aliphatic carbocycles. The van der Waals surface area contributed by atoms with Crippen LogP contribution in [0.15, 0.2) is 35.2 Å². The Morgan fingerprint density at radius 2 is 2.05 bits per heavy atom. The van der Waals surface area contributed by atoms with E-state index < -0.39 is 0 Å². The van der Waals surface area contributed by atoms with Gasteiger partial charge >= 0.3 is 0 Å². The highest BCUT2D eigenvalue weighted by molar-refractivity contribution is 7.10. The van der Waals surface area contributed by atoms with Crippen LogP contribution in [0.1, 0.15) is 38.3 Å². The van der Waals surface area contributed by atoms with Crippen molar-refractivity contribution >= 4 is 23.2 Å². The smallest absolute Gasteiger partial charge is 0.189 e. The van der Waals surface area contributed by atoms with Crippen molar-refractivity contribution < 1.29 is 4.79 Å². The Hall–Kier alpha value is -1.67. The molecule has 1 nitrogen and oxygen atoms in total. The lowest BCUT2D eigenvalue weighted by Crippen LogP contribution is -2.15. The van der Waals surface area contributed by atoms with Gasteiger partial charge in [-0.05, 0) is 61.4 Å². The number of rotatable bonds is 1. The number of ketones is 1. The summed E-state index contributed by atoms with van der Waals surface area (Å²) in [5.41, 5.74) is 5.51. The van der Waals surface area contributed by atoms with Gasteiger partial charge in [0.2, 0.25) is 0 Å². The van der Waals surface area contributed by atoms with Crippen LogP contribution in [0.5, 0.6) is 0 Å². The minimum absolute atomic E-state index is 0.210. The highest BCUT2D eigenvalue weighted by Crippen LogP contribution is 2.30. The molecular formula is C17H16OS. The molecule has 1 aromatic carbocycles. The second-order valence-electron chi connectivity index (χ2n) is 5.12. The number of hydrogen-bond acceptors (Lipinski definition) is 2. The molecule has 1 aromatic heterocycles. The third-order valence-electron chi connectivity index (χ3n) is 3.66. The van der Waals surface area contributed by atoms with Crippen molar-refractivity contribution in [2.75, 3.05) is 0 Å². The predicted molar refractivity (Wildman–Crippen MR) is 80.9 cm³/mol. The molecular weight excluding hydrogens is 252 g/mol. The first-order chi connectivity index (χ1) is 9.15. The molecule has 0 atom stereocenters. The maximum atomic E-state index is 12.6. The van der Waals surface area contributed by atoms with Crippen LogP contribution in [0, 0.1) is 13.8 Å². The average molecular weight is 268 g/mol. The molecule has 2 heteroatoms. The summed E-state index contributed by atoms with van der Waals surface area (Å²) in [6, 6.07) is 8.28. The Morgan fingerprint density at radius 1 is 1.21 bits per heavy atom. The van der Waals surface area contributed by atoms with E-state index in [-0.39, 0.29) is 5.78 Å². The standard InChI is InChI=1S/C17H16OS/c1-11-8-12(2)15-6-5-13(17(18)16(15)9-11)10-14-4-3-7-19-14/h3-4,7-10H,5-6H2,1-2H3/b13-10+. The lowest BCUT2D eigenvalue weighted by molar-refractivity contribution is 0.102. The first kappa shape index (κ1) is 12.4. The van der Waals surface area contributed by atoms with E-state index in [2.05, 4.69) is 26.0 Å².